The van der Waals surface area contributed by atoms with Crippen molar-refractivity contribution in [1.29, 1.82) is 0 Å². The van der Waals surface area contributed by atoms with E-state index in [4.69, 9.17) is 9.47 Å². The molecule has 176 valence electrons. The van der Waals surface area contributed by atoms with Crippen LogP contribution in [0.15, 0.2) is 91.4 Å². The molecule has 0 unspecified atom stereocenters. The Balaban J connectivity index is 1.55. The number of methoxy groups -OCH3 is 1. The SMILES string of the molecule is CCCOc1ccc(-n2cc(-c3ccccc3)c3c(NCc4ccc(OC)cc4)ncnc32)cc1. The molecule has 6 nitrogen and oxygen atoms in total. The van der Waals surface area contributed by atoms with E-state index in [0.29, 0.717) is 13.2 Å². The molecule has 0 aliphatic rings. The van der Waals surface area contributed by atoms with Crippen molar-refractivity contribution in [3.05, 3.63) is 97.0 Å². The largest absolute Gasteiger partial charge is 0.497 e. The molecule has 2 aromatic heterocycles. The Morgan fingerprint density at radius 2 is 1.60 bits per heavy atom. The number of benzene rings is 3. The van der Waals surface area contributed by atoms with Crippen molar-refractivity contribution in [3.8, 4) is 28.3 Å². The van der Waals surface area contributed by atoms with Gasteiger partial charge in [0, 0.05) is 24.0 Å². The van der Waals surface area contributed by atoms with Crippen LogP contribution in [0.4, 0.5) is 5.82 Å². The summed E-state index contributed by atoms with van der Waals surface area (Å²) in [6.45, 7) is 3.45. The van der Waals surface area contributed by atoms with Crippen molar-refractivity contribution in [3.63, 3.8) is 0 Å². The summed E-state index contributed by atoms with van der Waals surface area (Å²) in [7, 11) is 1.67. The first kappa shape index (κ1) is 22.5. The highest BCUT2D eigenvalue weighted by molar-refractivity contribution is 6.02. The zero-order valence-electron chi connectivity index (χ0n) is 19.9. The molecule has 0 atom stereocenters. The van der Waals surface area contributed by atoms with Gasteiger partial charge >= 0.3 is 0 Å². The number of anilines is 1. The lowest BCUT2D eigenvalue weighted by molar-refractivity contribution is 0.317. The molecule has 0 saturated heterocycles. The zero-order chi connectivity index (χ0) is 24.0. The summed E-state index contributed by atoms with van der Waals surface area (Å²) in [5.41, 5.74) is 5.19. The number of hydrogen-bond acceptors (Lipinski definition) is 5. The molecule has 35 heavy (non-hydrogen) atoms. The first-order valence-corrected chi connectivity index (χ1v) is 11.8. The van der Waals surface area contributed by atoms with E-state index in [1.807, 2.05) is 42.5 Å². The summed E-state index contributed by atoms with van der Waals surface area (Å²) in [4.78, 5) is 9.29. The monoisotopic (exact) mass is 464 g/mol. The average Bonchev–Trinajstić information content (AvgIpc) is 3.32. The van der Waals surface area contributed by atoms with Gasteiger partial charge in [0.15, 0.2) is 5.65 Å². The minimum Gasteiger partial charge on any atom is -0.497 e. The normalized spacial score (nSPS) is 10.9. The second-order valence-corrected chi connectivity index (χ2v) is 8.24. The number of fused-ring (bicyclic) bond motifs is 1. The topological polar surface area (TPSA) is 61.2 Å². The molecule has 0 amide bonds. The maximum atomic E-state index is 5.76. The zero-order valence-corrected chi connectivity index (χ0v) is 19.9. The van der Waals surface area contributed by atoms with Gasteiger partial charge < -0.3 is 19.4 Å². The lowest BCUT2D eigenvalue weighted by Crippen LogP contribution is -2.03. The van der Waals surface area contributed by atoms with Gasteiger partial charge in [0.1, 0.15) is 23.6 Å². The van der Waals surface area contributed by atoms with Gasteiger partial charge in [-0.25, -0.2) is 9.97 Å². The van der Waals surface area contributed by atoms with Crippen LogP contribution in [0.25, 0.3) is 27.8 Å². The van der Waals surface area contributed by atoms with Crippen LogP contribution < -0.4 is 14.8 Å². The highest BCUT2D eigenvalue weighted by Crippen LogP contribution is 2.35. The maximum absolute atomic E-state index is 5.76. The van der Waals surface area contributed by atoms with Gasteiger partial charge in [0.25, 0.3) is 0 Å². The molecule has 3 aromatic carbocycles. The van der Waals surface area contributed by atoms with Crippen molar-refractivity contribution in [1.82, 2.24) is 14.5 Å². The number of rotatable bonds is 9. The van der Waals surface area contributed by atoms with E-state index in [2.05, 4.69) is 69.4 Å². The number of aromatic nitrogens is 3. The van der Waals surface area contributed by atoms with Crippen molar-refractivity contribution < 1.29 is 9.47 Å². The van der Waals surface area contributed by atoms with Crippen LogP contribution in [0.5, 0.6) is 11.5 Å². The van der Waals surface area contributed by atoms with Gasteiger partial charge in [-0.2, -0.15) is 0 Å². The van der Waals surface area contributed by atoms with E-state index in [9.17, 15) is 0 Å². The summed E-state index contributed by atoms with van der Waals surface area (Å²) in [6.07, 6.45) is 4.73. The lowest BCUT2D eigenvalue weighted by Gasteiger charge is -2.10. The van der Waals surface area contributed by atoms with Crippen LogP contribution in [0.3, 0.4) is 0 Å². The van der Waals surface area contributed by atoms with E-state index < -0.39 is 0 Å². The minimum atomic E-state index is 0.638. The van der Waals surface area contributed by atoms with E-state index >= 15 is 0 Å². The minimum absolute atomic E-state index is 0.638. The Morgan fingerprint density at radius 1 is 0.857 bits per heavy atom. The second kappa shape index (κ2) is 10.3. The predicted octanol–water partition coefficient (Wildman–Crippen LogP) is 6.50. The Bertz CT molecular complexity index is 1400. The third-order valence-corrected chi connectivity index (χ3v) is 5.87. The summed E-state index contributed by atoms with van der Waals surface area (Å²) >= 11 is 0. The average molecular weight is 465 g/mol. The number of hydrogen-bond donors (Lipinski definition) is 1. The van der Waals surface area contributed by atoms with Crippen molar-refractivity contribution in [2.45, 2.75) is 19.9 Å². The summed E-state index contributed by atoms with van der Waals surface area (Å²) < 4.78 is 13.1. The van der Waals surface area contributed by atoms with Gasteiger partial charge in [-0.1, -0.05) is 49.4 Å². The molecule has 0 bridgehead atoms. The van der Waals surface area contributed by atoms with Crippen molar-refractivity contribution in [2.75, 3.05) is 19.0 Å². The molecular formula is C29H28N4O2. The number of ether oxygens (including phenoxy) is 2. The summed E-state index contributed by atoms with van der Waals surface area (Å²) in [6, 6.07) is 26.5. The molecule has 0 spiro atoms. The molecule has 0 aliphatic carbocycles. The van der Waals surface area contributed by atoms with Crippen LogP contribution in [0.1, 0.15) is 18.9 Å². The fourth-order valence-electron chi connectivity index (χ4n) is 4.08. The maximum Gasteiger partial charge on any atom is 0.150 e. The molecule has 5 rings (SSSR count). The van der Waals surface area contributed by atoms with E-state index in [-0.39, 0.29) is 0 Å². The highest BCUT2D eigenvalue weighted by Gasteiger charge is 2.17. The van der Waals surface area contributed by atoms with Crippen molar-refractivity contribution in [2.24, 2.45) is 0 Å². The molecule has 6 heteroatoms. The standard InChI is InChI=1S/C29H28N4O2/c1-3-17-35-25-15-11-23(12-16-25)33-19-26(22-7-5-4-6-8-22)27-28(31-20-32-29(27)33)30-18-21-9-13-24(34-2)14-10-21/h4-16,19-20H,3,17-18H2,1-2H3,(H,30,31,32). The summed E-state index contributed by atoms with van der Waals surface area (Å²) in [5.74, 6) is 2.51. The Labute approximate surface area is 205 Å². The first-order chi connectivity index (χ1) is 17.3. The van der Waals surface area contributed by atoms with Gasteiger partial charge in [-0.15, -0.1) is 0 Å². The highest BCUT2D eigenvalue weighted by atomic mass is 16.5. The van der Waals surface area contributed by atoms with Gasteiger partial charge in [-0.05, 0) is 53.9 Å². The Hall–Kier alpha value is -4.32. The van der Waals surface area contributed by atoms with Gasteiger partial charge in [0.2, 0.25) is 0 Å². The van der Waals surface area contributed by atoms with Crippen molar-refractivity contribution >= 4 is 16.9 Å². The fourth-order valence-corrected chi connectivity index (χ4v) is 4.08. The second-order valence-electron chi connectivity index (χ2n) is 8.24. The molecular weight excluding hydrogens is 436 g/mol. The molecule has 0 radical (unpaired) electrons. The third-order valence-electron chi connectivity index (χ3n) is 5.87. The molecule has 0 fully saturated rings. The van der Waals surface area contributed by atoms with Crippen LogP contribution in [-0.4, -0.2) is 28.3 Å². The molecule has 2 heterocycles. The quantitative estimate of drug-likeness (QED) is 0.270. The fraction of sp³-hybridized carbons (Fsp3) is 0.172. The third kappa shape index (κ3) is 4.82. The van der Waals surface area contributed by atoms with Crippen LogP contribution in [0, 0.1) is 0 Å². The van der Waals surface area contributed by atoms with E-state index in [1.165, 1.54) is 0 Å². The number of nitrogens with zero attached hydrogens (tertiary/aromatic N) is 3. The van der Waals surface area contributed by atoms with Crippen LogP contribution in [0.2, 0.25) is 0 Å². The smallest absolute Gasteiger partial charge is 0.150 e. The van der Waals surface area contributed by atoms with E-state index in [1.54, 1.807) is 13.4 Å². The molecule has 0 aliphatic heterocycles. The Kier molecular flexibility index (Phi) is 6.61. The number of nitrogens with one attached hydrogen (secondary N) is 1. The van der Waals surface area contributed by atoms with Gasteiger partial charge in [0.05, 0.1) is 19.1 Å². The van der Waals surface area contributed by atoms with Gasteiger partial charge in [-0.3, -0.25) is 0 Å². The van der Waals surface area contributed by atoms with Crippen LogP contribution >= 0.6 is 0 Å². The lowest BCUT2D eigenvalue weighted by atomic mass is 10.1. The van der Waals surface area contributed by atoms with Crippen LogP contribution in [-0.2, 0) is 6.54 Å². The molecule has 5 aromatic rings. The first-order valence-electron chi connectivity index (χ1n) is 11.8. The van der Waals surface area contributed by atoms with E-state index in [0.717, 1.165) is 57.1 Å². The predicted molar refractivity (Wildman–Crippen MR) is 140 cm³/mol. The molecule has 0 saturated carbocycles. The summed E-state index contributed by atoms with van der Waals surface area (Å²) in [5, 5.41) is 4.51. The molecule has 1 N–H and O–H groups in total. The Morgan fingerprint density at radius 3 is 2.31 bits per heavy atom.